The molecule has 0 aromatic heterocycles. The van der Waals surface area contributed by atoms with Crippen LogP contribution in [0.15, 0.2) is 59.6 Å². The molecule has 132 valence electrons. The summed E-state index contributed by atoms with van der Waals surface area (Å²) >= 11 is 0. The van der Waals surface area contributed by atoms with Crippen LogP contribution in [0.2, 0.25) is 0 Å². The SMILES string of the molecule is CS(=O)(=O)Oc1ccc(CC(NC2=NCCN2)c2ccccc2)cc1. The summed E-state index contributed by atoms with van der Waals surface area (Å²) in [6, 6.07) is 17.3. The Morgan fingerprint density at radius 1 is 1.16 bits per heavy atom. The van der Waals surface area contributed by atoms with Crippen molar-refractivity contribution in [2.24, 2.45) is 4.99 Å². The van der Waals surface area contributed by atoms with Crippen molar-refractivity contribution in [3.8, 4) is 5.75 Å². The average Bonchev–Trinajstić information content (AvgIpc) is 3.08. The van der Waals surface area contributed by atoms with E-state index in [2.05, 4.69) is 27.8 Å². The highest BCUT2D eigenvalue weighted by Gasteiger charge is 2.16. The lowest BCUT2D eigenvalue weighted by atomic mass is 9.99. The van der Waals surface area contributed by atoms with E-state index in [1.807, 2.05) is 30.3 Å². The monoisotopic (exact) mass is 359 g/mol. The third kappa shape index (κ3) is 5.22. The van der Waals surface area contributed by atoms with Crippen LogP contribution in [0.4, 0.5) is 0 Å². The fraction of sp³-hybridized carbons (Fsp3) is 0.278. The molecule has 0 fully saturated rings. The average molecular weight is 359 g/mol. The second kappa shape index (κ2) is 7.57. The van der Waals surface area contributed by atoms with Gasteiger partial charge in [0, 0.05) is 6.54 Å². The Bertz CT molecular complexity index is 834. The highest BCUT2D eigenvalue weighted by molar-refractivity contribution is 7.86. The predicted molar refractivity (Wildman–Crippen MR) is 98.2 cm³/mol. The molecule has 0 amide bonds. The topological polar surface area (TPSA) is 79.8 Å². The lowest BCUT2D eigenvalue weighted by molar-refractivity contribution is 0.493. The summed E-state index contributed by atoms with van der Waals surface area (Å²) < 4.78 is 27.3. The van der Waals surface area contributed by atoms with Gasteiger partial charge in [-0.05, 0) is 29.7 Å². The summed E-state index contributed by atoms with van der Waals surface area (Å²) in [5, 5.41) is 6.67. The van der Waals surface area contributed by atoms with Gasteiger partial charge in [-0.25, -0.2) is 0 Å². The maximum Gasteiger partial charge on any atom is 0.306 e. The van der Waals surface area contributed by atoms with Crippen LogP contribution in [0.1, 0.15) is 17.2 Å². The number of aliphatic imine (C=N–C) groups is 1. The Morgan fingerprint density at radius 2 is 1.88 bits per heavy atom. The molecule has 2 aromatic carbocycles. The number of nitrogens with one attached hydrogen (secondary N) is 2. The van der Waals surface area contributed by atoms with Crippen molar-refractivity contribution in [3.63, 3.8) is 0 Å². The molecule has 0 saturated carbocycles. The van der Waals surface area contributed by atoms with Crippen LogP contribution >= 0.6 is 0 Å². The molecule has 7 heteroatoms. The lowest BCUT2D eigenvalue weighted by Crippen LogP contribution is -2.37. The maximum absolute atomic E-state index is 11.2. The summed E-state index contributed by atoms with van der Waals surface area (Å²) in [5.74, 6) is 1.13. The van der Waals surface area contributed by atoms with E-state index in [1.165, 1.54) is 0 Å². The molecule has 1 unspecified atom stereocenters. The molecular formula is C18H21N3O3S. The van der Waals surface area contributed by atoms with Gasteiger partial charge in [0.2, 0.25) is 0 Å². The number of nitrogens with zero attached hydrogens (tertiary/aromatic N) is 1. The smallest absolute Gasteiger partial charge is 0.306 e. The molecule has 6 nitrogen and oxygen atoms in total. The Balaban J connectivity index is 1.75. The summed E-state index contributed by atoms with van der Waals surface area (Å²) in [4.78, 5) is 4.40. The first kappa shape index (κ1) is 17.3. The van der Waals surface area contributed by atoms with Gasteiger partial charge >= 0.3 is 10.1 Å². The van der Waals surface area contributed by atoms with Gasteiger partial charge in [-0.2, -0.15) is 8.42 Å². The molecule has 0 radical (unpaired) electrons. The van der Waals surface area contributed by atoms with E-state index in [1.54, 1.807) is 12.1 Å². The van der Waals surface area contributed by atoms with Crippen LogP contribution in [-0.4, -0.2) is 33.7 Å². The molecule has 0 saturated heterocycles. The summed E-state index contributed by atoms with van der Waals surface area (Å²) in [6.07, 6.45) is 1.77. The van der Waals surface area contributed by atoms with E-state index in [0.29, 0.717) is 5.75 Å². The number of rotatable bonds is 6. The minimum atomic E-state index is -3.51. The number of hydrogen-bond donors (Lipinski definition) is 2. The third-order valence-electron chi connectivity index (χ3n) is 3.80. The number of benzene rings is 2. The van der Waals surface area contributed by atoms with Crippen molar-refractivity contribution in [2.45, 2.75) is 12.5 Å². The van der Waals surface area contributed by atoms with Crippen molar-refractivity contribution >= 4 is 16.1 Å². The molecule has 1 aliphatic heterocycles. The zero-order chi connectivity index (χ0) is 17.7. The van der Waals surface area contributed by atoms with E-state index >= 15 is 0 Å². The molecule has 0 spiro atoms. The van der Waals surface area contributed by atoms with E-state index in [-0.39, 0.29) is 6.04 Å². The maximum atomic E-state index is 11.2. The Morgan fingerprint density at radius 3 is 2.48 bits per heavy atom. The molecular weight excluding hydrogens is 338 g/mol. The molecule has 1 atom stereocenters. The van der Waals surface area contributed by atoms with Crippen LogP contribution in [-0.2, 0) is 16.5 Å². The zero-order valence-corrected chi connectivity index (χ0v) is 14.8. The van der Waals surface area contributed by atoms with Crippen molar-refractivity contribution in [1.82, 2.24) is 10.6 Å². The van der Waals surface area contributed by atoms with Crippen molar-refractivity contribution in [3.05, 3.63) is 65.7 Å². The molecule has 0 bridgehead atoms. The van der Waals surface area contributed by atoms with E-state index in [9.17, 15) is 8.42 Å². The Kier molecular flexibility index (Phi) is 5.23. The molecule has 0 aliphatic carbocycles. The van der Waals surface area contributed by atoms with Crippen molar-refractivity contribution in [2.75, 3.05) is 19.3 Å². The molecule has 3 rings (SSSR count). The largest absolute Gasteiger partial charge is 0.383 e. The van der Waals surface area contributed by atoms with Crippen LogP contribution in [0, 0.1) is 0 Å². The van der Waals surface area contributed by atoms with Gasteiger partial charge in [0.05, 0.1) is 18.8 Å². The molecule has 1 aliphatic rings. The second-order valence-electron chi connectivity index (χ2n) is 5.90. The van der Waals surface area contributed by atoms with Crippen LogP contribution in [0.3, 0.4) is 0 Å². The van der Waals surface area contributed by atoms with E-state index in [4.69, 9.17) is 4.18 Å². The number of hydrogen-bond acceptors (Lipinski definition) is 6. The minimum absolute atomic E-state index is 0.0622. The predicted octanol–water partition coefficient (Wildman–Crippen LogP) is 1.86. The van der Waals surface area contributed by atoms with Gasteiger partial charge in [-0.15, -0.1) is 0 Å². The summed E-state index contributed by atoms with van der Waals surface area (Å²) in [5.41, 5.74) is 2.23. The zero-order valence-electron chi connectivity index (χ0n) is 14.0. The fourth-order valence-corrected chi connectivity index (χ4v) is 3.15. The van der Waals surface area contributed by atoms with E-state index < -0.39 is 10.1 Å². The molecule has 2 aromatic rings. The van der Waals surface area contributed by atoms with Gasteiger partial charge in [0.15, 0.2) is 5.96 Å². The van der Waals surface area contributed by atoms with E-state index in [0.717, 1.165) is 42.9 Å². The minimum Gasteiger partial charge on any atom is -0.383 e. The normalized spacial score (nSPS) is 15.2. The highest BCUT2D eigenvalue weighted by atomic mass is 32.2. The quantitative estimate of drug-likeness (QED) is 0.770. The standard InChI is InChI=1S/C18H21N3O3S/c1-25(22,23)24-16-9-7-14(8-10-16)13-17(15-5-3-2-4-6-15)21-18-19-11-12-20-18/h2-10,17H,11-13H2,1H3,(H2,19,20,21). The van der Waals surface area contributed by atoms with Gasteiger partial charge in [0.1, 0.15) is 5.75 Å². The van der Waals surface area contributed by atoms with Crippen LogP contribution < -0.4 is 14.8 Å². The molecule has 25 heavy (non-hydrogen) atoms. The van der Waals surface area contributed by atoms with Crippen LogP contribution in [0.25, 0.3) is 0 Å². The summed E-state index contributed by atoms with van der Waals surface area (Å²) in [7, 11) is -3.51. The van der Waals surface area contributed by atoms with Gasteiger partial charge in [-0.3, -0.25) is 4.99 Å². The molecule has 1 heterocycles. The van der Waals surface area contributed by atoms with Crippen LogP contribution in [0.5, 0.6) is 5.75 Å². The Hall–Kier alpha value is -2.54. The Labute approximate surface area is 148 Å². The lowest BCUT2D eigenvalue weighted by Gasteiger charge is -2.20. The molecule has 2 N–H and O–H groups in total. The first-order chi connectivity index (χ1) is 12.0. The number of guanidine groups is 1. The van der Waals surface area contributed by atoms with Gasteiger partial charge in [-0.1, -0.05) is 42.5 Å². The fourth-order valence-electron chi connectivity index (χ4n) is 2.69. The van der Waals surface area contributed by atoms with Crippen molar-refractivity contribution < 1.29 is 12.6 Å². The van der Waals surface area contributed by atoms with Gasteiger partial charge < -0.3 is 14.8 Å². The van der Waals surface area contributed by atoms with Crippen molar-refractivity contribution in [1.29, 1.82) is 0 Å². The first-order valence-electron chi connectivity index (χ1n) is 8.08. The highest BCUT2D eigenvalue weighted by Crippen LogP contribution is 2.21. The van der Waals surface area contributed by atoms with Gasteiger partial charge in [0.25, 0.3) is 0 Å². The second-order valence-corrected chi connectivity index (χ2v) is 7.48. The first-order valence-corrected chi connectivity index (χ1v) is 9.89. The summed E-state index contributed by atoms with van der Waals surface area (Å²) in [6.45, 7) is 1.63. The third-order valence-corrected chi connectivity index (χ3v) is 4.29.